The number of pyridine rings is 1. The fourth-order valence-corrected chi connectivity index (χ4v) is 4.04. The molecular formula is C22H19N3O5S. The number of oxazole rings is 1. The Morgan fingerprint density at radius 2 is 1.90 bits per heavy atom. The Kier molecular flexibility index (Phi) is 5.85. The minimum atomic E-state index is -0.622. The van der Waals surface area contributed by atoms with Crippen molar-refractivity contribution in [1.29, 1.82) is 0 Å². The van der Waals surface area contributed by atoms with Gasteiger partial charge in [-0.05, 0) is 50.1 Å². The van der Waals surface area contributed by atoms with Crippen molar-refractivity contribution in [2.75, 3.05) is 0 Å². The molecule has 1 N–H and O–H groups in total. The van der Waals surface area contributed by atoms with E-state index >= 15 is 0 Å². The average molecular weight is 437 g/mol. The molecule has 0 bridgehead atoms. The van der Waals surface area contributed by atoms with E-state index in [4.69, 9.17) is 9.15 Å². The topological polar surface area (TPSA) is 111 Å². The maximum absolute atomic E-state index is 12.6. The molecule has 158 valence electrons. The van der Waals surface area contributed by atoms with Crippen LogP contribution in [0.25, 0.3) is 11.5 Å². The number of imide groups is 1. The lowest BCUT2D eigenvalue weighted by atomic mass is 10.1. The molecule has 31 heavy (non-hydrogen) atoms. The number of nitrogens with one attached hydrogen (secondary N) is 1. The summed E-state index contributed by atoms with van der Waals surface area (Å²) in [7, 11) is 0. The van der Waals surface area contributed by atoms with Crippen LogP contribution in [0.1, 0.15) is 29.9 Å². The van der Waals surface area contributed by atoms with Crippen molar-refractivity contribution in [2.24, 2.45) is 0 Å². The molecule has 4 rings (SSSR count). The van der Waals surface area contributed by atoms with Crippen LogP contribution < -0.4 is 10.1 Å². The summed E-state index contributed by atoms with van der Waals surface area (Å²) < 4.78 is 11.2. The van der Waals surface area contributed by atoms with Crippen molar-refractivity contribution < 1.29 is 23.5 Å². The summed E-state index contributed by atoms with van der Waals surface area (Å²) in [5.41, 5.74) is 2.16. The van der Waals surface area contributed by atoms with Gasteiger partial charge in [-0.2, -0.15) is 0 Å². The molecule has 1 fully saturated rings. The first-order valence-electron chi connectivity index (χ1n) is 9.60. The number of esters is 1. The van der Waals surface area contributed by atoms with Crippen LogP contribution in [-0.2, 0) is 16.0 Å². The minimum absolute atomic E-state index is 0.284. The van der Waals surface area contributed by atoms with E-state index in [1.165, 1.54) is 0 Å². The van der Waals surface area contributed by atoms with Gasteiger partial charge in [-0.3, -0.25) is 24.7 Å². The Hall–Kier alpha value is -3.46. The Morgan fingerprint density at radius 1 is 1.19 bits per heavy atom. The fourth-order valence-electron chi connectivity index (χ4n) is 3.18. The fraction of sp³-hybridized carbons (Fsp3) is 0.227. The first kappa shape index (κ1) is 20.8. The Morgan fingerprint density at radius 3 is 2.55 bits per heavy atom. The van der Waals surface area contributed by atoms with E-state index in [-0.39, 0.29) is 11.1 Å². The predicted molar refractivity (Wildman–Crippen MR) is 114 cm³/mol. The summed E-state index contributed by atoms with van der Waals surface area (Å²) in [6, 6.07) is 10.4. The molecule has 2 unspecified atom stereocenters. The maximum Gasteiger partial charge on any atom is 0.320 e. The predicted octanol–water partition coefficient (Wildman–Crippen LogP) is 3.65. The Balaban J connectivity index is 1.41. The van der Waals surface area contributed by atoms with Crippen LogP contribution in [0.15, 0.2) is 53.2 Å². The number of benzene rings is 1. The zero-order chi connectivity index (χ0) is 22.0. The molecule has 0 aliphatic carbocycles. The molecule has 2 amide bonds. The number of amides is 2. The number of ether oxygens (including phenoxy) is 1. The third kappa shape index (κ3) is 4.66. The van der Waals surface area contributed by atoms with Crippen LogP contribution in [0.4, 0.5) is 4.79 Å². The maximum atomic E-state index is 12.6. The second kappa shape index (κ2) is 8.73. The highest BCUT2D eigenvalue weighted by molar-refractivity contribution is 8.15. The van der Waals surface area contributed by atoms with E-state index in [0.717, 1.165) is 22.9 Å². The van der Waals surface area contributed by atoms with Crippen molar-refractivity contribution in [3.05, 3.63) is 65.8 Å². The van der Waals surface area contributed by atoms with Crippen LogP contribution in [-0.4, -0.2) is 32.3 Å². The normalized spacial score (nSPS) is 16.8. The molecule has 2 aromatic heterocycles. The molecule has 3 heterocycles. The Labute approximate surface area is 182 Å². The van der Waals surface area contributed by atoms with Crippen molar-refractivity contribution in [3.8, 4) is 17.2 Å². The van der Waals surface area contributed by atoms with Crippen molar-refractivity contribution in [1.82, 2.24) is 15.3 Å². The monoisotopic (exact) mass is 437 g/mol. The van der Waals surface area contributed by atoms with Crippen molar-refractivity contribution in [2.45, 2.75) is 31.4 Å². The number of carbonyl (C=O) groups excluding carboxylic acids is 3. The average Bonchev–Trinajstić information content (AvgIpc) is 3.30. The lowest BCUT2D eigenvalue weighted by molar-refractivity contribution is -0.135. The SMILES string of the molecule is Cc1oc(-c2ccncc2)nc1C(C)C(=O)Oc1ccc(CC2SC(=O)NC2=O)cc1. The second-order valence-corrected chi connectivity index (χ2v) is 8.25. The molecule has 8 nitrogen and oxygen atoms in total. The molecular weight excluding hydrogens is 418 g/mol. The molecule has 2 atom stereocenters. The minimum Gasteiger partial charge on any atom is -0.441 e. The zero-order valence-electron chi connectivity index (χ0n) is 16.8. The van der Waals surface area contributed by atoms with Crippen molar-refractivity contribution in [3.63, 3.8) is 0 Å². The van der Waals surface area contributed by atoms with E-state index < -0.39 is 17.1 Å². The number of rotatable bonds is 6. The number of nitrogens with zero attached hydrogens (tertiary/aromatic N) is 2. The van der Waals surface area contributed by atoms with Gasteiger partial charge in [-0.15, -0.1) is 0 Å². The van der Waals surface area contributed by atoms with Crippen LogP contribution in [0.5, 0.6) is 5.75 Å². The summed E-state index contributed by atoms with van der Waals surface area (Å²) in [6.45, 7) is 3.47. The van der Waals surface area contributed by atoms with Gasteiger partial charge in [0.1, 0.15) is 17.4 Å². The van der Waals surface area contributed by atoms with Gasteiger partial charge in [-0.1, -0.05) is 23.9 Å². The molecule has 1 aliphatic heterocycles. The highest BCUT2D eigenvalue weighted by Gasteiger charge is 2.31. The van der Waals surface area contributed by atoms with Crippen molar-refractivity contribution >= 4 is 28.9 Å². The molecule has 0 radical (unpaired) electrons. The highest BCUT2D eigenvalue weighted by atomic mass is 32.2. The van der Waals surface area contributed by atoms with E-state index in [0.29, 0.717) is 29.5 Å². The number of aryl methyl sites for hydroxylation is 1. The van der Waals surface area contributed by atoms with E-state index in [9.17, 15) is 14.4 Å². The number of hydrogen-bond donors (Lipinski definition) is 1. The van der Waals surface area contributed by atoms with E-state index in [1.54, 1.807) is 62.6 Å². The molecule has 0 spiro atoms. The van der Waals surface area contributed by atoms with Gasteiger partial charge >= 0.3 is 5.97 Å². The molecule has 0 saturated carbocycles. The number of aromatic nitrogens is 2. The van der Waals surface area contributed by atoms with Gasteiger partial charge in [0.15, 0.2) is 0 Å². The quantitative estimate of drug-likeness (QED) is 0.459. The summed E-state index contributed by atoms with van der Waals surface area (Å²) in [4.78, 5) is 44.1. The van der Waals surface area contributed by atoms with Gasteiger partial charge in [-0.25, -0.2) is 4.98 Å². The lowest BCUT2D eigenvalue weighted by Crippen LogP contribution is -2.25. The number of carbonyl (C=O) groups is 3. The standard InChI is InChI=1S/C22H19N3O5S/c1-12(18-13(2)29-20(24-18)15-7-9-23-10-8-15)21(27)30-16-5-3-14(4-6-16)11-17-19(26)25-22(28)31-17/h3-10,12,17H,11H2,1-2H3,(H,25,26,28). The van der Waals surface area contributed by atoms with Crippen LogP contribution in [0, 0.1) is 6.92 Å². The zero-order valence-corrected chi connectivity index (χ0v) is 17.6. The number of thioether (sulfide) groups is 1. The van der Waals surface area contributed by atoms with E-state index in [1.807, 2.05) is 0 Å². The third-order valence-corrected chi connectivity index (χ3v) is 5.83. The van der Waals surface area contributed by atoms with Crippen LogP contribution in [0.2, 0.25) is 0 Å². The molecule has 1 aliphatic rings. The largest absolute Gasteiger partial charge is 0.441 e. The second-order valence-electron chi connectivity index (χ2n) is 7.07. The highest BCUT2D eigenvalue weighted by Crippen LogP contribution is 2.28. The third-order valence-electron chi connectivity index (χ3n) is 4.85. The molecule has 3 aromatic rings. The lowest BCUT2D eigenvalue weighted by Gasteiger charge is -2.10. The van der Waals surface area contributed by atoms with Gasteiger partial charge in [0, 0.05) is 18.0 Å². The summed E-state index contributed by atoms with van der Waals surface area (Å²) in [6.07, 6.45) is 3.71. The molecule has 9 heteroatoms. The van der Waals surface area contributed by atoms with Crippen LogP contribution in [0.3, 0.4) is 0 Å². The first-order chi connectivity index (χ1) is 14.9. The molecule has 1 aromatic carbocycles. The first-order valence-corrected chi connectivity index (χ1v) is 10.5. The van der Waals surface area contributed by atoms with Gasteiger partial charge < -0.3 is 9.15 Å². The number of hydrogen-bond acceptors (Lipinski definition) is 8. The van der Waals surface area contributed by atoms with Gasteiger partial charge in [0.05, 0.1) is 10.9 Å². The summed E-state index contributed by atoms with van der Waals surface area (Å²) in [5, 5.41) is 1.50. The summed E-state index contributed by atoms with van der Waals surface area (Å²) >= 11 is 0.982. The molecule has 1 saturated heterocycles. The van der Waals surface area contributed by atoms with E-state index in [2.05, 4.69) is 15.3 Å². The van der Waals surface area contributed by atoms with Crippen LogP contribution >= 0.6 is 11.8 Å². The van der Waals surface area contributed by atoms with Gasteiger partial charge in [0.2, 0.25) is 11.8 Å². The van der Waals surface area contributed by atoms with Gasteiger partial charge in [0.25, 0.3) is 5.24 Å². The Bertz CT molecular complexity index is 1130. The smallest absolute Gasteiger partial charge is 0.320 e. The summed E-state index contributed by atoms with van der Waals surface area (Å²) in [5.74, 6) is -0.00535.